The second-order valence-corrected chi connectivity index (χ2v) is 3.64. The number of para-hydroxylation sites is 1. The minimum absolute atomic E-state index is 0.00124. The number of aromatic nitrogens is 1. The van der Waals surface area contributed by atoms with Gasteiger partial charge < -0.3 is 15.6 Å². The van der Waals surface area contributed by atoms with Gasteiger partial charge in [0.25, 0.3) is 0 Å². The zero-order valence-corrected chi connectivity index (χ0v) is 9.21. The second-order valence-electron chi connectivity index (χ2n) is 3.64. The summed E-state index contributed by atoms with van der Waals surface area (Å²) in [6.07, 6.45) is 1.92. The van der Waals surface area contributed by atoms with Crippen molar-refractivity contribution in [3.8, 4) is 0 Å². The first-order valence-electron chi connectivity index (χ1n) is 5.27. The summed E-state index contributed by atoms with van der Waals surface area (Å²) in [5, 5.41) is 6.87. The van der Waals surface area contributed by atoms with Gasteiger partial charge in [0, 0.05) is 25.3 Å². The smallest absolute Gasteiger partial charge is 0.233 e. The van der Waals surface area contributed by atoms with E-state index in [-0.39, 0.29) is 5.91 Å². The Bertz CT molecular complexity index is 490. The molecule has 0 saturated heterocycles. The number of nitrogens with one attached hydrogen (secondary N) is 3. The Kier molecular flexibility index (Phi) is 3.22. The molecule has 0 fully saturated rings. The molecule has 0 atom stereocenters. The zero-order valence-electron chi connectivity index (χ0n) is 9.21. The highest BCUT2D eigenvalue weighted by molar-refractivity contribution is 5.82. The molecule has 0 bridgehead atoms. The Balaban J connectivity index is 2.04. The number of hydrogen-bond acceptors (Lipinski definition) is 2. The van der Waals surface area contributed by atoms with Crippen LogP contribution in [-0.4, -0.2) is 24.5 Å². The predicted octanol–water partition coefficient (Wildman–Crippen LogP) is 1.00. The van der Waals surface area contributed by atoms with Crippen molar-refractivity contribution in [2.45, 2.75) is 6.54 Å². The van der Waals surface area contributed by atoms with Crippen LogP contribution >= 0.6 is 0 Å². The lowest BCUT2D eigenvalue weighted by atomic mass is 10.1. The first-order valence-corrected chi connectivity index (χ1v) is 5.27. The molecule has 0 aliphatic carbocycles. The third-order valence-corrected chi connectivity index (χ3v) is 2.55. The summed E-state index contributed by atoms with van der Waals surface area (Å²) in [5.74, 6) is -0.00124. The molecule has 1 aromatic carbocycles. The van der Waals surface area contributed by atoms with Crippen LogP contribution in [0.4, 0.5) is 0 Å². The summed E-state index contributed by atoms with van der Waals surface area (Å²) in [4.78, 5) is 14.2. The fraction of sp³-hybridized carbons (Fsp3) is 0.250. The molecule has 2 rings (SSSR count). The van der Waals surface area contributed by atoms with Crippen molar-refractivity contribution >= 4 is 16.8 Å². The maximum atomic E-state index is 11.0. The summed E-state index contributed by atoms with van der Waals surface area (Å²) < 4.78 is 0. The van der Waals surface area contributed by atoms with Crippen LogP contribution < -0.4 is 10.6 Å². The van der Waals surface area contributed by atoms with E-state index in [0.29, 0.717) is 13.1 Å². The van der Waals surface area contributed by atoms with Gasteiger partial charge in [-0.2, -0.15) is 0 Å². The molecule has 84 valence electrons. The monoisotopic (exact) mass is 217 g/mol. The third kappa shape index (κ3) is 2.23. The highest BCUT2D eigenvalue weighted by Gasteiger charge is 2.02. The number of amides is 1. The fourth-order valence-corrected chi connectivity index (χ4v) is 1.70. The van der Waals surface area contributed by atoms with Gasteiger partial charge in [0.1, 0.15) is 0 Å². The zero-order chi connectivity index (χ0) is 11.4. The summed E-state index contributed by atoms with van der Waals surface area (Å²) in [6.45, 7) is 1.03. The van der Waals surface area contributed by atoms with Crippen LogP contribution in [0.25, 0.3) is 10.9 Å². The number of hydrogen-bond donors (Lipinski definition) is 3. The van der Waals surface area contributed by atoms with E-state index < -0.39 is 0 Å². The van der Waals surface area contributed by atoms with Crippen LogP contribution in [0.2, 0.25) is 0 Å². The normalized spacial score (nSPS) is 10.6. The molecule has 4 heteroatoms. The van der Waals surface area contributed by atoms with E-state index in [4.69, 9.17) is 0 Å². The highest BCUT2D eigenvalue weighted by Crippen LogP contribution is 2.16. The Labute approximate surface area is 94.0 Å². The molecule has 0 saturated carbocycles. The predicted molar refractivity (Wildman–Crippen MR) is 64.1 cm³/mol. The lowest BCUT2D eigenvalue weighted by Gasteiger charge is -2.05. The Hall–Kier alpha value is -1.81. The van der Waals surface area contributed by atoms with Gasteiger partial charge in [-0.1, -0.05) is 18.2 Å². The number of carbonyl (C=O) groups excluding carboxylic acids is 1. The molecule has 0 aliphatic heterocycles. The van der Waals surface area contributed by atoms with E-state index in [1.807, 2.05) is 18.3 Å². The number of likely N-dealkylation sites (N-methyl/N-ethyl adjacent to an activating group) is 1. The van der Waals surface area contributed by atoms with Gasteiger partial charge in [0.2, 0.25) is 5.91 Å². The van der Waals surface area contributed by atoms with Crippen LogP contribution in [0.1, 0.15) is 5.56 Å². The topological polar surface area (TPSA) is 56.9 Å². The van der Waals surface area contributed by atoms with Gasteiger partial charge >= 0.3 is 0 Å². The van der Waals surface area contributed by atoms with Crippen molar-refractivity contribution in [1.29, 1.82) is 0 Å². The molecular formula is C12H15N3O. The molecule has 0 radical (unpaired) electrons. The van der Waals surface area contributed by atoms with Crippen LogP contribution in [0, 0.1) is 0 Å². The van der Waals surface area contributed by atoms with Gasteiger partial charge in [-0.05, 0) is 17.0 Å². The standard InChI is InChI=1S/C12H15N3O/c1-13-11(16)8-14-7-10-4-2-3-9-5-6-15-12(9)10/h2-6,14-15H,7-8H2,1H3,(H,13,16). The minimum atomic E-state index is -0.00124. The maximum absolute atomic E-state index is 11.0. The second kappa shape index (κ2) is 4.81. The van der Waals surface area contributed by atoms with Gasteiger partial charge in [0.05, 0.1) is 6.54 Å². The molecule has 1 heterocycles. The van der Waals surface area contributed by atoms with Crippen molar-refractivity contribution in [2.24, 2.45) is 0 Å². The van der Waals surface area contributed by atoms with E-state index >= 15 is 0 Å². The van der Waals surface area contributed by atoms with Crippen molar-refractivity contribution in [3.63, 3.8) is 0 Å². The quantitative estimate of drug-likeness (QED) is 0.715. The number of carbonyl (C=O) groups is 1. The van der Waals surface area contributed by atoms with E-state index in [1.165, 1.54) is 10.9 Å². The lowest BCUT2D eigenvalue weighted by molar-refractivity contribution is -0.119. The van der Waals surface area contributed by atoms with Gasteiger partial charge in [-0.3, -0.25) is 4.79 Å². The molecule has 3 N–H and O–H groups in total. The van der Waals surface area contributed by atoms with E-state index in [2.05, 4.69) is 27.8 Å². The van der Waals surface area contributed by atoms with Gasteiger partial charge in [0.15, 0.2) is 0 Å². The molecular weight excluding hydrogens is 202 g/mol. The first kappa shape index (κ1) is 10.7. The maximum Gasteiger partial charge on any atom is 0.233 e. The Morgan fingerprint density at radius 1 is 1.38 bits per heavy atom. The summed E-state index contributed by atoms with van der Waals surface area (Å²) >= 11 is 0. The molecule has 4 nitrogen and oxygen atoms in total. The molecule has 16 heavy (non-hydrogen) atoms. The first-order chi connectivity index (χ1) is 7.81. The highest BCUT2D eigenvalue weighted by atomic mass is 16.1. The SMILES string of the molecule is CNC(=O)CNCc1cccc2cc[nH]c12. The summed E-state index contributed by atoms with van der Waals surface area (Å²) in [7, 11) is 1.63. The van der Waals surface area contributed by atoms with Crippen LogP contribution in [0.5, 0.6) is 0 Å². The fourth-order valence-electron chi connectivity index (χ4n) is 1.70. The van der Waals surface area contributed by atoms with E-state index in [1.54, 1.807) is 7.05 Å². The number of rotatable bonds is 4. The van der Waals surface area contributed by atoms with Crippen molar-refractivity contribution in [3.05, 3.63) is 36.0 Å². The molecule has 0 unspecified atom stereocenters. The Morgan fingerprint density at radius 3 is 3.06 bits per heavy atom. The van der Waals surface area contributed by atoms with Crippen LogP contribution in [0.15, 0.2) is 30.5 Å². The number of H-pyrrole nitrogens is 1. The number of fused-ring (bicyclic) bond motifs is 1. The van der Waals surface area contributed by atoms with Crippen molar-refractivity contribution < 1.29 is 4.79 Å². The number of benzene rings is 1. The number of aromatic amines is 1. The minimum Gasteiger partial charge on any atom is -0.361 e. The third-order valence-electron chi connectivity index (χ3n) is 2.55. The van der Waals surface area contributed by atoms with Crippen molar-refractivity contribution in [2.75, 3.05) is 13.6 Å². The van der Waals surface area contributed by atoms with Gasteiger partial charge in [-0.15, -0.1) is 0 Å². The van der Waals surface area contributed by atoms with E-state index in [0.717, 1.165) is 5.52 Å². The largest absolute Gasteiger partial charge is 0.361 e. The Morgan fingerprint density at radius 2 is 2.25 bits per heavy atom. The summed E-state index contributed by atoms with van der Waals surface area (Å²) in [6, 6.07) is 8.18. The van der Waals surface area contributed by atoms with Gasteiger partial charge in [-0.25, -0.2) is 0 Å². The van der Waals surface area contributed by atoms with E-state index in [9.17, 15) is 4.79 Å². The molecule has 1 aromatic heterocycles. The lowest BCUT2D eigenvalue weighted by Crippen LogP contribution is -2.31. The molecule has 0 aliphatic rings. The summed E-state index contributed by atoms with van der Waals surface area (Å²) in [5.41, 5.74) is 2.30. The van der Waals surface area contributed by atoms with Crippen LogP contribution in [0.3, 0.4) is 0 Å². The van der Waals surface area contributed by atoms with Crippen molar-refractivity contribution in [1.82, 2.24) is 15.6 Å². The average molecular weight is 217 g/mol. The molecule has 0 spiro atoms. The molecule has 2 aromatic rings. The molecule has 1 amide bonds. The van der Waals surface area contributed by atoms with Crippen LogP contribution in [-0.2, 0) is 11.3 Å². The average Bonchev–Trinajstić information content (AvgIpc) is 2.77.